The van der Waals surface area contributed by atoms with Crippen LogP contribution in [0, 0.1) is 0 Å². The van der Waals surface area contributed by atoms with Crippen LogP contribution in [0.2, 0.25) is 0 Å². The van der Waals surface area contributed by atoms with Gasteiger partial charge in [-0.15, -0.1) is 16.9 Å². The standard InChI is InChI=1S/C23H19F6N3O4S/c1-21(2,20(34)35)37-16-9-5-14(6-10-16)19(33)36-18(23(27,28)29)17-12-32(31-30-17)11-13-3-7-15(8-4-13)22(24,25)26/h3-10,12,18H,11H2,1-2H3,(H,34,35)/t18-/m0/s1. The van der Waals surface area contributed by atoms with Crippen LogP contribution in [-0.4, -0.2) is 43.0 Å². The zero-order valence-corrected chi connectivity index (χ0v) is 20.0. The number of carboxylic acids is 1. The third-order valence-corrected chi connectivity index (χ3v) is 6.14. The van der Waals surface area contributed by atoms with Crippen LogP contribution in [0.5, 0.6) is 0 Å². The van der Waals surface area contributed by atoms with Crippen molar-refractivity contribution in [1.29, 1.82) is 0 Å². The lowest BCUT2D eigenvalue weighted by Crippen LogP contribution is -2.27. The third-order valence-electron chi connectivity index (χ3n) is 4.95. The Bertz CT molecular complexity index is 1260. The van der Waals surface area contributed by atoms with Gasteiger partial charge in [0.2, 0.25) is 6.10 Å². The number of aromatic nitrogens is 3. The number of hydrogen-bond acceptors (Lipinski definition) is 6. The van der Waals surface area contributed by atoms with E-state index in [0.717, 1.165) is 46.9 Å². The quantitative estimate of drug-likeness (QED) is 0.218. The molecular weight excluding hydrogens is 528 g/mol. The molecule has 0 radical (unpaired) electrons. The molecule has 0 saturated heterocycles. The van der Waals surface area contributed by atoms with Gasteiger partial charge in [-0.3, -0.25) is 4.79 Å². The Morgan fingerprint density at radius 2 is 1.59 bits per heavy atom. The van der Waals surface area contributed by atoms with Gasteiger partial charge in [0.1, 0.15) is 10.4 Å². The lowest BCUT2D eigenvalue weighted by molar-refractivity contribution is -0.208. The Hall–Kier alpha value is -3.55. The Labute approximate surface area is 210 Å². The van der Waals surface area contributed by atoms with Crippen molar-refractivity contribution >= 4 is 23.7 Å². The summed E-state index contributed by atoms with van der Waals surface area (Å²) in [4.78, 5) is 24.1. The first-order valence-electron chi connectivity index (χ1n) is 10.4. The van der Waals surface area contributed by atoms with E-state index in [-0.39, 0.29) is 12.1 Å². The molecule has 0 bridgehead atoms. The maximum Gasteiger partial charge on any atom is 0.431 e. The second kappa shape index (κ2) is 10.4. The van der Waals surface area contributed by atoms with Gasteiger partial charge in [-0.1, -0.05) is 17.3 Å². The van der Waals surface area contributed by atoms with Crippen LogP contribution < -0.4 is 0 Å². The van der Waals surface area contributed by atoms with Gasteiger partial charge in [-0.05, 0) is 55.8 Å². The van der Waals surface area contributed by atoms with Crippen LogP contribution in [0.3, 0.4) is 0 Å². The van der Waals surface area contributed by atoms with Crippen molar-refractivity contribution in [2.75, 3.05) is 0 Å². The molecule has 0 aliphatic heterocycles. The fourth-order valence-corrected chi connectivity index (χ4v) is 3.91. The van der Waals surface area contributed by atoms with E-state index < -0.39 is 46.4 Å². The van der Waals surface area contributed by atoms with Crippen molar-refractivity contribution in [2.45, 2.75) is 48.5 Å². The van der Waals surface area contributed by atoms with Crippen LogP contribution in [0.4, 0.5) is 26.3 Å². The fraction of sp³-hybridized carbons (Fsp3) is 0.304. The fourth-order valence-electron chi connectivity index (χ4n) is 2.96. The summed E-state index contributed by atoms with van der Waals surface area (Å²) in [6.45, 7) is 2.77. The van der Waals surface area contributed by atoms with E-state index in [0.29, 0.717) is 10.5 Å². The van der Waals surface area contributed by atoms with Gasteiger partial charge in [-0.25, -0.2) is 9.48 Å². The Morgan fingerprint density at radius 3 is 2.11 bits per heavy atom. The van der Waals surface area contributed by atoms with E-state index >= 15 is 0 Å². The topological polar surface area (TPSA) is 94.3 Å². The van der Waals surface area contributed by atoms with Crippen LogP contribution in [-0.2, 0) is 22.3 Å². The highest BCUT2D eigenvalue weighted by Gasteiger charge is 2.46. The monoisotopic (exact) mass is 547 g/mol. The molecule has 7 nitrogen and oxygen atoms in total. The van der Waals surface area contributed by atoms with Crippen molar-refractivity contribution in [3.63, 3.8) is 0 Å². The SMILES string of the molecule is CC(C)(Sc1ccc(C(=O)O[C@@H](c2cn(Cc3ccc(C(F)(F)F)cc3)nn2)C(F)(F)F)cc1)C(=O)O. The number of alkyl halides is 6. The second-order valence-electron chi connectivity index (χ2n) is 8.30. The maximum absolute atomic E-state index is 13.7. The first kappa shape index (κ1) is 28.0. The largest absolute Gasteiger partial charge is 0.480 e. The molecule has 37 heavy (non-hydrogen) atoms. The smallest absolute Gasteiger partial charge is 0.431 e. The van der Waals surface area contributed by atoms with E-state index in [1.165, 1.54) is 38.1 Å². The number of carbonyl (C=O) groups is 2. The Balaban J connectivity index is 1.72. The molecule has 0 aliphatic carbocycles. The molecule has 0 amide bonds. The van der Waals surface area contributed by atoms with Gasteiger partial charge < -0.3 is 9.84 Å². The van der Waals surface area contributed by atoms with Crippen LogP contribution >= 0.6 is 11.8 Å². The third kappa shape index (κ3) is 7.24. The van der Waals surface area contributed by atoms with Crippen molar-refractivity contribution < 1.29 is 45.8 Å². The van der Waals surface area contributed by atoms with Crippen molar-refractivity contribution in [3.8, 4) is 0 Å². The van der Waals surface area contributed by atoms with Gasteiger partial charge in [0.05, 0.1) is 23.9 Å². The van der Waals surface area contributed by atoms with Gasteiger partial charge in [-0.2, -0.15) is 26.3 Å². The average Bonchev–Trinajstić information content (AvgIpc) is 3.24. The Morgan fingerprint density at radius 1 is 1.00 bits per heavy atom. The molecule has 3 rings (SSSR count). The first-order valence-corrected chi connectivity index (χ1v) is 11.2. The molecule has 1 N–H and O–H groups in total. The number of ether oxygens (including phenoxy) is 1. The number of rotatable bonds is 8. The summed E-state index contributed by atoms with van der Waals surface area (Å²) in [7, 11) is 0. The summed E-state index contributed by atoms with van der Waals surface area (Å²) in [5, 5.41) is 16.2. The minimum atomic E-state index is -5.04. The van der Waals surface area contributed by atoms with Gasteiger partial charge in [0.25, 0.3) is 0 Å². The number of carbonyl (C=O) groups excluding carboxylic acids is 1. The number of carboxylic acid groups (broad SMARTS) is 1. The highest BCUT2D eigenvalue weighted by atomic mass is 32.2. The predicted molar refractivity (Wildman–Crippen MR) is 119 cm³/mol. The van der Waals surface area contributed by atoms with Crippen LogP contribution in [0.25, 0.3) is 0 Å². The number of thioether (sulfide) groups is 1. The van der Waals surface area contributed by atoms with E-state index in [9.17, 15) is 41.0 Å². The van der Waals surface area contributed by atoms with Crippen LogP contribution in [0.1, 0.15) is 47.1 Å². The van der Waals surface area contributed by atoms with Gasteiger partial charge >= 0.3 is 24.3 Å². The van der Waals surface area contributed by atoms with Gasteiger partial charge in [0, 0.05) is 4.90 Å². The molecule has 0 fully saturated rings. The minimum absolute atomic E-state index is 0.171. The van der Waals surface area contributed by atoms with E-state index in [2.05, 4.69) is 15.0 Å². The number of nitrogens with zero attached hydrogens (tertiary/aromatic N) is 3. The average molecular weight is 547 g/mol. The number of esters is 1. The summed E-state index contributed by atoms with van der Waals surface area (Å²) in [6.07, 6.45) is -11.4. The second-order valence-corrected chi connectivity index (χ2v) is 10.0. The van der Waals surface area contributed by atoms with Gasteiger partial charge in [0.15, 0.2) is 0 Å². The Kier molecular flexibility index (Phi) is 7.91. The van der Waals surface area contributed by atoms with E-state index in [1.807, 2.05) is 0 Å². The van der Waals surface area contributed by atoms with E-state index in [1.54, 1.807) is 0 Å². The molecule has 2 aromatic carbocycles. The summed E-state index contributed by atoms with van der Waals surface area (Å²) in [5.41, 5.74) is -1.47. The summed E-state index contributed by atoms with van der Waals surface area (Å²) >= 11 is 0.986. The normalized spacial score (nSPS) is 13.3. The predicted octanol–water partition coefficient (Wildman–Crippen LogP) is 5.76. The molecule has 198 valence electrons. The molecule has 3 aromatic rings. The lowest BCUT2D eigenvalue weighted by atomic mass is 10.1. The van der Waals surface area contributed by atoms with Crippen LogP contribution in [0.15, 0.2) is 59.6 Å². The van der Waals surface area contributed by atoms with Crippen molar-refractivity contribution in [3.05, 3.63) is 77.1 Å². The molecular formula is C23H19F6N3O4S. The minimum Gasteiger partial charge on any atom is -0.480 e. The number of halogens is 6. The molecule has 1 heterocycles. The molecule has 1 atom stereocenters. The number of aliphatic carboxylic acids is 1. The molecule has 0 aliphatic rings. The zero-order valence-electron chi connectivity index (χ0n) is 19.2. The number of hydrogen-bond donors (Lipinski definition) is 1. The zero-order chi connectivity index (χ0) is 27.6. The first-order chi connectivity index (χ1) is 17.1. The molecule has 1 aromatic heterocycles. The molecule has 0 saturated carbocycles. The van der Waals surface area contributed by atoms with E-state index in [4.69, 9.17) is 0 Å². The highest BCUT2D eigenvalue weighted by Crippen LogP contribution is 2.36. The summed E-state index contributed by atoms with van der Waals surface area (Å²) in [5.74, 6) is -2.37. The number of benzene rings is 2. The summed E-state index contributed by atoms with van der Waals surface area (Å²) in [6, 6.07) is 9.16. The lowest BCUT2D eigenvalue weighted by Gasteiger charge is -2.19. The maximum atomic E-state index is 13.7. The molecule has 0 unspecified atom stereocenters. The summed E-state index contributed by atoms with van der Waals surface area (Å²) < 4.78 is 83.6. The molecule has 14 heteroatoms. The molecule has 0 spiro atoms. The van der Waals surface area contributed by atoms with Crippen molar-refractivity contribution in [2.24, 2.45) is 0 Å². The van der Waals surface area contributed by atoms with Crippen molar-refractivity contribution in [1.82, 2.24) is 15.0 Å². The highest BCUT2D eigenvalue weighted by molar-refractivity contribution is 8.01.